The van der Waals surface area contributed by atoms with E-state index in [9.17, 15) is 9.18 Å². The Bertz CT molecular complexity index is 812. The van der Waals surface area contributed by atoms with E-state index in [1.165, 1.54) is 17.0 Å². The van der Waals surface area contributed by atoms with E-state index in [1.54, 1.807) is 12.1 Å². The first-order chi connectivity index (χ1) is 13.1. The van der Waals surface area contributed by atoms with Crippen LogP contribution in [0.15, 0.2) is 30.5 Å². The van der Waals surface area contributed by atoms with Crippen molar-refractivity contribution >= 4 is 12.1 Å². The molecule has 0 radical (unpaired) electrons. The molecule has 0 bridgehead atoms. The van der Waals surface area contributed by atoms with Crippen molar-refractivity contribution < 1.29 is 13.9 Å². The van der Waals surface area contributed by atoms with Gasteiger partial charge in [0, 0.05) is 30.8 Å². The van der Waals surface area contributed by atoms with Gasteiger partial charge in [0.25, 0.3) is 0 Å². The van der Waals surface area contributed by atoms with Crippen LogP contribution in [0.5, 0.6) is 0 Å². The summed E-state index contributed by atoms with van der Waals surface area (Å²) in [5.41, 5.74) is 1.68. The zero-order chi connectivity index (χ0) is 19.2. The molecule has 0 aliphatic carbocycles. The van der Waals surface area contributed by atoms with Crippen molar-refractivity contribution in [1.29, 1.82) is 0 Å². The van der Waals surface area contributed by atoms with Gasteiger partial charge in [-0.15, -0.1) is 10.2 Å². The Kier molecular flexibility index (Phi) is 6.34. The van der Waals surface area contributed by atoms with Gasteiger partial charge in [0.05, 0.1) is 13.2 Å². The highest BCUT2D eigenvalue weighted by atomic mass is 19.1. The van der Waals surface area contributed by atoms with Crippen molar-refractivity contribution in [1.82, 2.24) is 19.7 Å². The zero-order valence-corrected chi connectivity index (χ0v) is 15.8. The standard InChI is InChI=1S/C20H25FN4O2/c1-3-5-20-23-22-15(2)25(20)19(17-8-9-27-13-17)12-24(14-26)11-16-6-4-7-18(21)10-16/h4,6-7,10,12,14,17H,3,5,8-9,11,13H2,1-2H3/b19-12-/t17-/m0/s1. The molecule has 1 aromatic carbocycles. The van der Waals surface area contributed by atoms with Gasteiger partial charge in [-0.1, -0.05) is 19.1 Å². The van der Waals surface area contributed by atoms with Crippen LogP contribution in [0.2, 0.25) is 0 Å². The van der Waals surface area contributed by atoms with Crippen molar-refractivity contribution in [3.8, 4) is 0 Å². The minimum Gasteiger partial charge on any atom is -0.381 e. The highest BCUT2D eigenvalue weighted by Crippen LogP contribution is 2.28. The summed E-state index contributed by atoms with van der Waals surface area (Å²) >= 11 is 0. The molecule has 144 valence electrons. The largest absolute Gasteiger partial charge is 0.381 e. The van der Waals surface area contributed by atoms with Gasteiger partial charge in [-0.2, -0.15) is 0 Å². The SMILES string of the molecule is CCCc1nnc(C)n1/C(=C\N(C=O)Cc1cccc(F)c1)[C@H]1CCOC1. The lowest BCUT2D eigenvalue weighted by Gasteiger charge is -2.21. The highest BCUT2D eigenvalue weighted by Gasteiger charge is 2.25. The molecule has 1 aliphatic heterocycles. The Balaban J connectivity index is 1.96. The van der Waals surface area contributed by atoms with Crippen molar-refractivity contribution in [3.05, 3.63) is 53.5 Å². The molecule has 1 amide bonds. The van der Waals surface area contributed by atoms with E-state index >= 15 is 0 Å². The highest BCUT2D eigenvalue weighted by molar-refractivity contribution is 5.57. The minimum atomic E-state index is -0.313. The fourth-order valence-corrected chi connectivity index (χ4v) is 3.37. The summed E-state index contributed by atoms with van der Waals surface area (Å²) in [7, 11) is 0. The predicted molar refractivity (Wildman–Crippen MR) is 100.0 cm³/mol. The average Bonchev–Trinajstić information content (AvgIpc) is 3.30. The Morgan fingerprint density at radius 1 is 1.44 bits per heavy atom. The van der Waals surface area contributed by atoms with Crippen LogP contribution in [0.4, 0.5) is 4.39 Å². The molecule has 1 atom stereocenters. The molecule has 1 saturated heterocycles. The fourth-order valence-electron chi connectivity index (χ4n) is 3.37. The third-order valence-electron chi connectivity index (χ3n) is 4.66. The second-order valence-electron chi connectivity index (χ2n) is 6.77. The molecule has 2 aromatic rings. The smallest absolute Gasteiger partial charge is 0.214 e. The number of aryl methyl sites for hydroxylation is 2. The lowest BCUT2D eigenvalue weighted by atomic mass is 10.0. The maximum Gasteiger partial charge on any atom is 0.214 e. The summed E-state index contributed by atoms with van der Waals surface area (Å²) in [5, 5.41) is 8.53. The molecule has 0 N–H and O–H groups in total. The number of ether oxygens (including phenoxy) is 1. The Labute approximate surface area is 158 Å². The van der Waals surface area contributed by atoms with Crippen LogP contribution < -0.4 is 0 Å². The topological polar surface area (TPSA) is 60.2 Å². The zero-order valence-electron chi connectivity index (χ0n) is 15.8. The van der Waals surface area contributed by atoms with Gasteiger partial charge in [-0.3, -0.25) is 9.36 Å². The second kappa shape index (κ2) is 8.90. The molecule has 7 heteroatoms. The summed E-state index contributed by atoms with van der Waals surface area (Å²) < 4.78 is 21.1. The van der Waals surface area contributed by atoms with Crippen LogP contribution >= 0.6 is 0 Å². The van der Waals surface area contributed by atoms with Crippen LogP contribution in [0.1, 0.15) is 37.0 Å². The summed E-state index contributed by atoms with van der Waals surface area (Å²) in [5.74, 6) is 1.51. The van der Waals surface area contributed by atoms with Gasteiger partial charge in [0.2, 0.25) is 6.41 Å². The number of benzene rings is 1. The summed E-state index contributed by atoms with van der Waals surface area (Å²) in [4.78, 5) is 13.3. The van der Waals surface area contributed by atoms with Crippen LogP contribution in [0, 0.1) is 18.7 Å². The Hall–Kier alpha value is -2.54. The first-order valence-electron chi connectivity index (χ1n) is 9.28. The van der Waals surface area contributed by atoms with Crippen molar-refractivity contribution in [2.45, 2.75) is 39.7 Å². The quantitative estimate of drug-likeness (QED) is 0.668. The number of carbonyl (C=O) groups is 1. The number of carbonyl (C=O) groups excluding carboxylic acids is 1. The van der Waals surface area contributed by atoms with E-state index in [0.717, 1.165) is 48.6 Å². The van der Waals surface area contributed by atoms with Gasteiger partial charge in [0.1, 0.15) is 17.5 Å². The van der Waals surface area contributed by atoms with Gasteiger partial charge in [-0.05, 0) is 37.5 Å². The summed E-state index contributed by atoms with van der Waals surface area (Å²) in [6.07, 6.45) is 5.22. The lowest BCUT2D eigenvalue weighted by molar-refractivity contribution is -0.116. The number of rotatable bonds is 8. The summed E-state index contributed by atoms with van der Waals surface area (Å²) in [6, 6.07) is 6.28. The molecule has 0 spiro atoms. The summed E-state index contributed by atoms with van der Waals surface area (Å²) in [6.45, 7) is 5.59. The normalized spacial score (nSPS) is 17.3. The Morgan fingerprint density at radius 2 is 2.30 bits per heavy atom. The number of amides is 1. The first kappa shape index (κ1) is 19.2. The molecule has 1 fully saturated rings. The van der Waals surface area contributed by atoms with E-state index < -0.39 is 0 Å². The van der Waals surface area contributed by atoms with Gasteiger partial charge in [0.15, 0.2) is 0 Å². The van der Waals surface area contributed by atoms with E-state index in [4.69, 9.17) is 4.74 Å². The van der Waals surface area contributed by atoms with E-state index in [0.29, 0.717) is 19.8 Å². The lowest BCUT2D eigenvalue weighted by Crippen LogP contribution is -2.21. The van der Waals surface area contributed by atoms with E-state index in [2.05, 4.69) is 17.1 Å². The number of aromatic nitrogens is 3. The van der Waals surface area contributed by atoms with Gasteiger partial charge >= 0.3 is 0 Å². The molecule has 2 heterocycles. The van der Waals surface area contributed by atoms with Crippen molar-refractivity contribution in [2.75, 3.05) is 13.2 Å². The molecule has 27 heavy (non-hydrogen) atoms. The molecule has 1 aliphatic rings. The molecular formula is C20H25FN4O2. The van der Waals surface area contributed by atoms with Crippen LogP contribution in [-0.4, -0.2) is 39.3 Å². The third kappa shape index (κ3) is 4.60. The second-order valence-corrected chi connectivity index (χ2v) is 6.77. The fraction of sp³-hybridized carbons (Fsp3) is 0.450. The first-order valence-corrected chi connectivity index (χ1v) is 9.28. The number of halogens is 1. The van der Waals surface area contributed by atoms with E-state index in [-0.39, 0.29) is 11.7 Å². The molecule has 0 saturated carbocycles. The van der Waals surface area contributed by atoms with Crippen molar-refractivity contribution in [2.24, 2.45) is 5.92 Å². The molecule has 1 aromatic heterocycles. The predicted octanol–water partition coefficient (Wildman–Crippen LogP) is 3.17. The third-order valence-corrected chi connectivity index (χ3v) is 4.66. The molecule has 6 nitrogen and oxygen atoms in total. The maximum absolute atomic E-state index is 13.5. The van der Waals surface area contributed by atoms with Crippen LogP contribution in [0.3, 0.4) is 0 Å². The van der Waals surface area contributed by atoms with Crippen molar-refractivity contribution in [3.63, 3.8) is 0 Å². The number of hydrogen-bond donors (Lipinski definition) is 0. The molecule has 3 rings (SSSR count). The Morgan fingerprint density at radius 3 is 2.96 bits per heavy atom. The van der Waals surface area contributed by atoms with Crippen LogP contribution in [0.25, 0.3) is 5.70 Å². The number of nitrogens with zero attached hydrogens (tertiary/aromatic N) is 4. The van der Waals surface area contributed by atoms with E-state index in [1.807, 2.05) is 17.7 Å². The molecular weight excluding hydrogens is 347 g/mol. The van der Waals surface area contributed by atoms with Crippen LogP contribution in [-0.2, 0) is 22.5 Å². The monoisotopic (exact) mass is 372 g/mol. The van der Waals surface area contributed by atoms with Gasteiger partial charge in [-0.25, -0.2) is 4.39 Å². The average molecular weight is 372 g/mol. The molecule has 0 unspecified atom stereocenters. The number of hydrogen-bond acceptors (Lipinski definition) is 4. The van der Waals surface area contributed by atoms with Gasteiger partial charge < -0.3 is 9.64 Å². The maximum atomic E-state index is 13.5. The minimum absolute atomic E-state index is 0.158.